The van der Waals surface area contributed by atoms with Crippen molar-refractivity contribution in [1.82, 2.24) is 20.4 Å². The van der Waals surface area contributed by atoms with Crippen LogP contribution in [0, 0.1) is 5.92 Å². The molecule has 1 aromatic carbocycles. The lowest BCUT2D eigenvalue weighted by Crippen LogP contribution is -2.61. The van der Waals surface area contributed by atoms with Gasteiger partial charge >= 0.3 is 0 Å². The number of nitrogens with one attached hydrogen (secondary N) is 2. The number of guanidine groups is 1. The number of hydrogen-bond donors (Lipinski definition) is 2. The normalized spacial score (nSPS) is 22.4. The van der Waals surface area contributed by atoms with E-state index in [1.807, 2.05) is 12.3 Å². The number of hydrogen-bond acceptors (Lipinski definition) is 5. The maximum Gasteiger partial charge on any atom is 0.243 e. The first-order chi connectivity index (χ1) is 18.6. The minimum absolute atomic E-state index is 0.0732. The Morgan fingerprint density at radius 1 is 1.11 bits per heavy atom. The fourth-order valence-electron chi connectivity index (χ4n) is 5.97. The molecule has 3 aliphatic rings. The summed E-state index contributed by atoms with van der Waals surface area (Å²) in [4.78, 5) is 28.0. The van der Waals surface area contributed by atoms with Crippen molar-refractivity contribution in [3.8, 4) is 0 Å². The molecule has 1 amide bonds. The van der Waals surface area contributed by atoms with E-state index >= 15 is 0 Å². The van der Waals surface area contributed by atoms with E-state index in [1.165, 1.54) is 37.7 Å². The molecular formula is C30H48N6O2. The summed E-state index contributed by atoms with van der Waals surface area (Å²) in [7, 11) is 3.95. The van der Waals surface area contributed by atoms with Crippen LogP contribution in [0.1, 0.15) is 56.9 Å². The minimum atomic E-state index is -0.381. The zero-order chi connectivity index (χ0) is 26.6. The quantitative estimate of drug-likeness (QED) is 0.383. The summed E-state index contributed by atoms with van der Waals surface area (Å²) < 4.78 is 5.62. The van der Waals surface area contributed by atoms with Crippen molar-refractivity contribution in [2.45, 2.75) is 69.4 Å². The fourth-order valence-corrected chi connectivity index (χ4v) is 5.97. The van der Waals surface area contributed by atoms with Gasteiger partial charge in [-0.25, -0.2) is 0 Å². The lowest BCUT2D eigenvalue weighted by atomic mass is 9.84. The van der Waals surface area contributed by atoms with Gasteiger partial charge in [-0.15, -0.1) is 0 Å². The number of ether oxygens (including phenoxy) is 1. The fraction of sp³-hybridized carbons (Fsp3) is 0.700. The molecule has 0 bridgehead atoms. The number of carbonyl (C=O) groups is 1. The van der Waals surface area contributed by atoms with Gasteiger partial charge in [0.05, 0.1) is 18.8 Å². The molecule has 3 fully saturated rings. The number of rotatable bonds is 9. The van der Waals surface area contributed by atoms with E-state index in [2.05, 4.69) is 56.7 Å². The zero-order valence-corrected chi connectivity index (χ0v) is 23.5. The molecule has 8 nitrogen and oxygen atoms in total. The maximum atomic E-state index is 14.0. The molecule has 8 heteroatoms. The average Bonchev–Trinajstić information content (AvgIpc) is 2.95. The Bertz CT molecular complexity index is 901. The van der Waals surface area contributed by atoms with Crippen LogP contribution in [0.4, 0.5) is 0 Å². The Labute approximate surface area is 229 Å². The molecule has 0 spiro atoms. The summed E-state index contributed by atoms with van der Waals surface area (Å²) in [6.07, 6.45) is 11.7. The Hall–Kier alpha value is -2.45. The number of aliphatic imine (C=N–C) groups is 2. The van der Waals surface area contributed by atoms with Gasteiger partial charge in [0.2, 0.25) is 5.91 Å². The van der Waals surface area contributed by atoms with Gasteiger partial charge in [-0.2, -0.15) is 0 Å². The molecule has 0 unspecified atom stereocenters. The third kappa shape index (κ3) is 8.53. The molecule has 1 aliphatic carbocycles. The average molecular weight is 525 g/mol. The SMILES string of the molecule is CN=CC1(NC(=O)[C@H](CC2CCCCC2)NC(=NCCc2ccccc2)N2CCOCC2)CCN(C)CC1. The molecule has 2 aliphatic heterocycles. The number of benzene rings is 1. The van der Waals surface area contributed by atoms with Crippen LogP contribution < -0.4 is 10.6 Å². The van der Waals surface area contributed by atoms with Gasteiger partial charge in [0, 0.05) is 46.0 Å². The van der Waals surface area contributed by atoms with Gasteiger partial charge in [0.25, 0.3) is 0 Å². The molecule has 4 rings (SSSR count). The second-order valence-electron chi connectivity index (χ2n) is 11.3. The van der Waals surface area contributed by atoms with E-state index in [-0.39, 0.29) is 17.5 Å². The van der Waals surface area contributed by atoms with Gasteiger partial charge in [0.15, 0.2) is 5.96 Å². The van der Waals surface area contributed by atoms with Crippen molar-refractivity contribution in [2.75, 3.05) is 60.0 Å². The summed E-state index contributed by atoms with van der Waals surface area (Å²) >= 11 is 0. The van der Waals surface area contributed by atoms with Crippen LogP contribution in [0.15, 0.2) is 40.3 Å². The first-order valence-electron chi connectivity index (χ1n) is 14.7. The summed E-state index contributed by atoms with van der Waals surface area (Å²) in [5, 5.41) is 7.13. The molecule has 0 radical (unpaired) electrons. The van der Waals surface area contributed by atoms with Crippen molar-refractivity contribution in [1.29, 1.82) is 0 Å². The summed E-state index contributed by atoms with van der Waals surface area (Å²) in [6, 6.07) is 10.2. The molecule has 2 N–H and O–H groups in total. The highest BCUT2D eigenvalue weighted by Crippen LogP contribution is 2.28. The summed E-state index contributed by atoms with van der Waals surface area (Å²) in [5.74, 6) is 1.47. The third-order valence-electron chi connectivity index (χ3n) is 8.36. The lowest BCUT2D eigenvalue weighted by molar-refractivity contribution is -0.125. The number of amides is 1. The van der Waals surface area contributed by atoms with Gasteiger partial charge in [0.1, 0.15) is 6.04 Å². The zero-order valence-electron chi connectivity index (χ0n) is 23.5. The highest BCUT2D eigenvalue weighted by Gasteiger charge is 2.36. The Kier molecular flexibility index (Phi) is 11.0. The standard InChI is InChI=1S/C30H48N6O2/c1-31-24-30(14-17-35(2)18-15-30)34-28(37)27(23-26-11-7-4-8-12-26)33-29(36-19-21-38-22-20-36)32-16-13-25-9-5-3-6-10-25/h3,5-6,9-10,24,26-27H,4,7-8,11-23H2,1-2H3,(H,32,33)(H,34,37)/t27-/m0/s1. The molecule has 0 aromatic heterocycles. The van der Waals surface area contributed by atoms with Crippen LogP contribution >= 0.6 is 0 Å². The van der Waals surface area contributed by atoms with Crippen LogP contribution in [0.2, 0.25) is 0 Å². The van der Waals surface area contributed by atoms with Gasteiger partial charge in [-0.3, -0.25) is 14.8 Å². The predicted octanol–water partition coefficient (Wildman–Crippen LogP) is 3.13. The minimum Gasteiger partial charge on any atom is -0.378 e. The first kappa shape index (κ1) is 28.6. The molecule has 1 saturated carbocycles. The van der Waals surface area contributed by atoms with E-state index in [0.717, 1.165) is 57.8 Å². The molecule has 2 saturated heterocycles. The molecule has 1 atom stereocenters. The molecule has 2 heterocycles. The van der Waals surface area contributed by atoms with Gasteiger partial charge < -0.3 is 25.2 Å². The Balaban J connectivity index is 1.52. The van der Waals surface area contributed by atoms with Crippen LogP contribution in [-0.4, -0.2) is 99.5 Å². The largest absolute Gasteiger partial charge is 0.378 e. The smallest absolute Gasteiger partial charge is 0.243 e. The Morgan fingerprint density at radius 2 is 1.82 bits per heavy atom. The van der Waals surface area contributed by atoms with E-state index in [4.69, 9.17) is 9.73 Å². The van der Waals surface area contributed by atoms with E-state index in [0.29, 0.717) is 25.7 Å². The topological polar surface area (TPSA) is 81.6 Å². The van der Waals surface area contributed by atoms with E-state index in [9.17, 15) is 4.79 Å². The van der Waals surface area contributed by atoms with E-state index < -0.39 is 0 Å². The van der Waals surface area contributed by atoms with Crippen molar-refractivity contribution < 1.29 is 9.53 Å². The molecule has 38 heavy (non-hydrogen) atoms. The molecule has 1 aromatic rings. The second kappa shape index (κ2) is 14.6. The van der Waals surface area contributed by atoms with Crippen molar-refractivity contribution >= 4 is 18.1 Å². The number of carbonyl (C=O) groups excluding carboxylic acids is 1. The second-order valence-corrected chi connectivity index (χ2v) is 11.3. The number of likely N-dealkylation sites (tertiary alicyclic amines) is 1. The third-order valence-corrected chi connectivity index (χ3v) is 8.36. The van der Waals surface area contributed by atoms with Gasteiger partial charge in [-0.05, 0) is 44.2 Å². The summed E-state index contributed by atoms with van der Waals surface area (Å²) in [6.45, 7) is 5.52. The van der Waals surface area contributed by atoms with E-state index in [1.54, 1.807) is 7.05 Å². The first-order valence-corrected chi connectivity index (χ1v) is 14.7. The van der Waals surface area contributed by atoms with Gasteiger partial charge in [-0.1, -0.05) is 62.4 Å². The highest BCUT2D eigenvalue weighted by molar-refractivity contribution is 5.91. The maximum absolute atomic E-state index is 14.0. The van der Waals surface area contributed by atoms with Crippen LogP contribution in [-0.2, 0) is 16.0 Å². The molecule has 210 valence electrons. The van der Waals surface area contributed by atoms with Crippen LogP contribution in [0.3, 0.4) is 0 Å². The van der Waals surface area contributed by atoms with Crippen molar-refractivity contribution in [2.24, 2.45) is 15.9 Å². The number of piperidine rings is 1. The Morgan fingerprint density at radius 3 is 2.50 bits per heavy atom. The number of morpholine rings is 1. The molecular weight excluding hydrogens is 476 g/mol. The van der Waals surface area contributed by atoms with Crippen LogP contribution in [0.25, 0.3) is 0 Å². The highest BCUT2D eigenvalue weighted by atomic mass is 16.5. The lowest BCUT2D eigenvalue weighted by Gasteiger charge is -2.40. The van der Waals surface area contributed by atoms with Crippen LogP contribution in [0.5, 0.6) is 0 Å². The van der Waals surface area contributed by atoms with Crippen molar-refractivity contribution in [3.05, 3.63) is 35.9 Å². The predicted molar refractivity (Wildman–Crippen MR) is 155 cm³/mol. The monoisotopic (exact) mass is 524 g/mol. The number of nitrogens with zero attached hydrogens (tertiary/aromatic N) is 4. The summed E-state index contributed by atoms with van der Waals surface area (Å²) in [5.41, 5.74) is 0.895. The van der Waals surface area contributed by atoms with Crippen molar-refractivity contribution in [3.63, 3.8) is 0 Å².